The molecule has 130 valence electrons. The van der Waals surface area contributed by atoms with Crippen LogP contribution in [-0.4, -0.2) is 33.4 Å². The van der Waals surface area contributed by atoms with E-state index < -0.39 is 0 Å². The van der Waals surface area contributed by atoms with Gasteiger partial charge >= 0.3 is 5.63 Å². The maximum atomic E-state index is 12.5. The molecule has 4 rings (SSSR count). The van der Waals surface area contributed by atoms with Gasteiger partial charge in [-0.05, 0) is 30.3 Å². The lowest BCUT2D eigenvalue weighted by atomic mass is 10.1. The maximum Gasteiger partial charge on any atom is 0.344 e. The number of hydrogen-bond donors (Lipinski definition) is 0. The smallest absolute Gasteiger partial charge is 0.344 e. The van der Waals surface area contributed by atoms with E-state index in [-0.39, 0.29) is 11.7 Å². The van der Waals surface area contributed by atoms with Crippen LogP contribution in [0, 0.1) is 0 Å². The van der Waals surface area contributed by atoms with Gasteiger partial charge in [0, 0.05) is 49.5 Å². The quantitative estimate of drug-likeness (QED) is 0.539. The predicted molar refractivity (Wildman–Crippen MR) is 98.8 cm³/mol. The van der Waals surface area contributed by atoms with E-state index in [1.807, 2.05) is 49.3 Å². The molecule has 25 heavy (non-hydrogen) atoms. The minimum atomic E-state index is -0.337. The zero-order valence-corrected chi connectivity index (χ0v) is 14.5. The van der Waals surface area contributed by atoms with Gasteiger partial charge in [0.25, 0.3) is 0 Å². The van der Waals surface area contributed by atoms with Crippen LogP contribution in [0.2, 0.25) is 0 Å². The Kier molecular flexibility index (Phi) is 4.09. The van der Waals surface area contributed by atoms with Crippen molar-refractivity contribution in [2.75, 3.05) is 32.2 Å². The summed E-state index contributed by atoms with van der Waals surface area (Å²) >= 11 is 0. The molecule has 0 aliphatic carbocycles. The molecule has 1 aliphatic heterocycles. The highest BCUT2D eigenvalue weighted by Crippen LogP contribution is 2.29. The topological polar surface area (TPSA) is 51.9 Å². The number of fused-ring (bicyclic) bond motifs is 3. The van der Waals surface area contributed by atoms with Crippen LogP contribution in [0.25, 0.3) is 21.7 Å². The number of hydrogen-bond acceptors (Lipinski definition) is 5. The normalized spacial score (nSPS) is 15.6. The lowest BCUT2D eigenvalue weighted by molar-refractivity contribution is 0.0256. The van der Waals surface area contributed by atoms with Crippen molar-refractivity contribution in [2.24, 2.45) is 0 Å². The van der Waals surface area contributed by atoms with Crippen molar-refractivity contribution in [3.63, 3.8) is 0 Å². The van der Waals surface area contributed by atoms with E-state index in [0.717, 1.165) is 42.5 Å². The second kappa shape index (κ2) is 6.41. The van der Waals surface area contributed by atoms with Crippen LogP contribution < -0.4 is 15.3 Å². The van der Waals surface area contributed by atoms with Crippen LogP contribution in [0.1, 0.15) is 12.8 Å². The molecule has 0 atom stereocenters. The van der Waals surface area contributed by atoms with Crippen molar-refractivity contribution < 1.29 is 13.9 Å². The summed E-state index contributed by atoms with van der Waals surface area (Å²) in [5.74, 6) is 0.705. The third-order valence-electron chi connectivity index (χ3n) is 4.66. The highest BCUT2D eigenvalue weighted by molar-refractivity contribution is 6.05. The summed E-state index contributed by atoms with van der Waals surface area (Å²) in [4.78, 5) is 14.4. The number of benzene rings is 2. The molecule has 1 aliphatic rings. The molecule has 5 nitrogen and oxygen atoms in total. The first-order valence-corrected chi connectivity index (χ1v) is 8.54. The molecule has 0 unspecified atom stereocenters. The number of ether oxygens (including phenoxy) is 2. The number of anilines is 1. The van der Waals surface area contributed by atoms with Gasteiger partial charge in [-0.3, -0.25) is 0 Å². The highest BCUT2D eigenvalue weighted by Gasteiger charge is 2.16. The highest BCUT2D eigenvalue weighted by atomic mass is 16.5. The van der Waals surface area contributed by atoms with E-state index in [0.29, 0.717) is 16.7 Å². The standard InChI is InChI=1S/C20H21NO4/c1-21(2)13-3-5-17-16-6-4-15(24-14-7-9-23-10-8-14)12-18(16)20(22)25-19(17)11-13/h3-6,11-12,14H,7-10H2,1-2H3. The Hall–Kier alpha value is -2.53. The average Bonchev–Trinajstić information content (AvgIpc) is 2.62. The average molecular weight is 339 g/mol. The summed E-state index contributed by atoms with van der Waals surface area (Å²) < 4.78 is 16.9. The Morgan fingerprint density at radius 3 is 2.52 bits per heavy atom. The molecule has 2 aromatic carbocycles. The van der Waals surface area contributed by atoms with Crippen molar-refractivity contribution in [3.8, 4) is 5.75 Å². The van der Waals surface area contributed by atoms with Crippen molar-refractivity contribution in [2.45, 2.75) is 18.9 Å². The van der Waals surface area contributed by atoms with Gasteiger partial charge in [0.2, 0.25) is 0 Å². The van der Waals surface area contributed by atoms with Gasteiger partial charge in [0.15, 0.2) is 0 Å². The van der Waals surface area contributed by atoms with E-state index in [9.17, 15) is 4.79 Å². The fraction of sp³-hybridized carbons (Fsp3) is 0.350. The zero-order valence-electron chi connectivity index (χ0n) is 14.5. The second-order valence-corrected chi connectivity index (χ2v) is 6.60. The third-order valence-corrected chi connectivity index (χ3v) is 4.66. The van der Waals surface area contributed by atoms with E-state index in [1.54, 1.807) is 6.07 Å². The maximum absolute atomic E-state index is 12.5. The molecule has 0 radical (unpaired) electrons. The summed E-state index contributed by atoms with van der Waals surface area (Å²) in [6, 6.07) is 11.6. The van der Waals surface area contributed by atoms with Crippen molar-refractivity contribution in [3.05, 3.63) is 46.8 Å². The second-order valence-electron chi connectivity index (χ2n) is 6.60. The van der Waals surface area contributed by atoms with Crippen LogP contribution in [0.3, 0.4) is 0 Å². The summed E-state index contributed by atoms with van der Waals surface area (Å²) in [5, 5.41) is 2.36. The van der Waals surface area contributed by atoms with Crippen LogP contribution in [0.4, 0.5) is 5.69 Å². The molecule has 0 N–H and O–H groups in total. The lowest BCUT2D eigenvalue weighted by Gasteiger charge is -2.23. The monoisotopic (exact) mass is 339 g/mol. The molecule has 2 heterocycles. The molecule has 0 spiro atoms. The summed E-state index contributed by atoms with van der Waals surface area (Å²) in [7, 11) is 3.92. The minimum absolute atomic E-state index is 0.140. The molecule has 1 aromatic heterocycles. The fourth-order valence-corrected chi connectivity index (χ4v) is 3.24. The molecular weight excluding hydrogens is 318 g/mol. The molecule has 1 fully saturated rings. The van der Waals surface area contributed by atoms with E-state index in [1.165, 1.54) is 0 Å². The first kappa shape index (κ1) is 16.0. The summed E-state index contributed by atoms with van der Waals surface area (Å²) in [5.41, 5.74) is 1.26. The van der Waals surface area contributed by atoms with E-state index in [4.69, 9.17) is 13.9 Å². The van der Waals surface area contributed by atoms with Gasteiger partial charge in [-0.1, -0.05) is 0 Å². The first-order chi connectivity index (χ1) is 12.1. The Balaban J connectivity index is 1.77. The molecular formula is C20H21NO4. The molecule has 1 saturated heterocycles. The molecule has 0 saturated carbocycles. The first-order valence-electron chi connectivity index (χ1n) is 8.54. The van der Waals surface area contributed by atoms with Crippen molar-refractivity contribution >= 4 is 27.4 Å². The Labute approximate surface area is 145 Å². The van der Waals surface area contributed by atoms with Gasteiger partial charge in [0.05, 0.1) is 18.6 Å². The zero-order chi connectivity index (χ0) is 17.4. The van der Waals surface area contributed by atoms with E-state index >= 15 is 0 Å². The summed E-state index contributed by atoms with van der Waals surface area (Å²) in [6.45, 7) is 1.44. The minimum Gasteiger partial charge on any atom is -0.490 e. The number of nitrogens with zero attached hydrogens (tertiary/aromatic N) is 1. The van der Waals surface area contributed by atoms with Crippen LogP contribution in [-0.2, 0) is 4.74 Å². The Bertz CT molecular complexity index is 970. The SMILES string of the molecule is CN(C)c1ccc2c(c1)oc(=O)c1cc(OC3CCOCC3)ccc12. The largest absolute Gasteiger partial charge is 0.490 e. The van der Waals surface area contributed by atoms with Crippen molar-refractivity contribution in [1.29, 1.82) is 0 Å². The van der Waals surface area contributed by atoms with Gasteiger partial charge < -0.3 is 18.8 Å². The van der Waals surface area contributed by atoms with Gasteiger partial charge in [-0.25, -0.2) is 4.79 Å². The van der Waals surface area contributed by atoms with Crippen molar-refractivity contribution in [1.82, 2.24) is 0 Å². The van der Waals surface area contributed by atoms with Gasteiger partial charge in [0.1, 0.15) is 17.4 Å². The van der Waals surface area contributed by atoms with Gasteiger partial charge in [-0.15, -0.1) is 0 Å². The van der Waals surface area contributed by atoms with Crippen LogP contribution in [0.15, 0.2) is 45.6 Å². The molecule has 5 heteroatoms. The number of rotatable bonds is 3. The molecule has 0 bridgehead atoms. The van der Waals surface area contributed by atoms with Crippen LogP contribution >= 0.6 is 0 Å². The third kappa shape index (κ3) is 3.07. The predicted octanol–water partition coefficient (Wildman–Crippen LogP) is 3.57. The van der Waals surface area contributed by atoms with Crippen LogP contribution in [0.5, 0.6) is 5.75 Å². The fourth-order valence-electron chi connectivity index (χ4n) is 3.24. The van der Waals surface area contributed by atoms with E-state index in [2.05, 4.69) is 0 Å². The summed E-state index contributed by atoms with van der Waals surface area (Å²) in [6.07, 6.45) is 1.89. The molecule has 0 amide bonds. The Morgan fingerprint density at radius 2 is 1.76 bits per heavy atom. The molecule has 3 aromatic rings. The Morgan fingerprint density at radius 1 is 1.00 bits per heavy atom. The van der Waals surface area contributed by atoms with Gasteiger partial charge in [-0.2, -0.15) is 0 Å². The lowest BCUT2D eigenvalue weighted by Crippen LogP contribution is -2.25.